The molecule has 0 atom stereocenters. The molecule has 0 radical (unpaired) electrons. The number of piperidine rings is 1. The highest BCUT2D eigenvalue weighted by atomic mass is 16.6. The quantitative estimate of drug-likeness (QED) is 0.875. The lowest BCUT2D eigenvalue weighted by Gasteiger charge is -2.33. The number of amides is 1. The van der Waals surface area contributed by atoms with Crippen LogP contribution in [0.25, 0.3) is 11.0 Å². The van der Waals surface area contributed by atoms with Crippen molar-refractivity contribution in [2.24, 2.45) is 0 Å². The maximum Gasteiger partial charge on any atom is 0.410 e. The molecular formula is C15H21N5O2. The molecule has 3 heterocycles. The fraction of sp³-hybridized carbons (Fsp3) is 0.600. The van der Waals surface area contributed by atoms with Crippen LogP contribution in [0.5, 0.6) is 0 Å². The van der Waals surface area contributed by atoms with Crippen LogP contribution in [0.3, 0.4) is 0 Å². The zero-order chi connectivity index (χ0) is 15.7. The number of rotatable bonds is 1. The maximum atomic E-state index is 12.1. The van der Waals surface area contributed by atoms with E-state index in [-0.39, 0.29) is 6.09 Å². The normalized spacial score (nSPS) is 17.0. The van der Waals surface area contributed by atoms with Gasteiger partial charge in [0.15, 0.2) is 5.65 Å². The smallest absolute Gasteiger partial charge is 0.410 e. The Morgan fingerprint density at radius 1 is 1.36 bits per heavy atom. The summed E-state index contributed by atoms with van der Waals surface area (Å²) in [6, 6.07) is 0. The fourth-order valence-corrected chi connectivity index (χ4v) is 2.76. The number of carbonyl (C=O) groups excluding carboxylic acids is 1. The average molecular weight is 303 g/mol. The van der Waals surface area contributed by atoms with Gasteiger partial charge in [0.1, 0.15) is 11.9 Å². The van der Waals surface area contributed by atoms with E-state index in [1.54, 1.807) is 11.1 Å². The van der Waals surface area contributed by atoms with Crippen LogP contribution in [0, 0.1) is 0 Å². The van der Waals surface area contributed by atoms with Gasteiger partial charge in [-0.25, -0.2) is 14.8 Å². The molecule has 22 heavy (non-hydrogen) atoms. The molecule has 2 aromatic heterocycles. The number of fused-ring (bicyclic) bond motifs is 1. The zero-order valence-corrected chi connectivity index (χ0v) is 13.2. The number of likely N-dealkylation sites (tertiary alicyclic amines) is 1. The van der Waals surface area contributed by atoms with Crippen molar-refractivity contribution in [3.05, 3.63) is 18.2 Å². The van der Waals surface area contributed by atoms with Gasteiger partial charge in [-0.1, -0.05) is 0 Å². The molecule has 1 saturated heterocycles. The molecule has 7 nitrogen and oxygen atoms in total. The molecule has 2 aromatic rings. The first kappa shape index (κ1) is 14.7. The maximum absolute atomic E-state index is 12.1. The lowest BCUT2D eigenvalue weighted by atomic mass is 9.92. The van der Waals surface area contributed by atoms with E-state index in [2.05, 4.69) is 20.2 Å². The summed E-state index contributed by atoms with van der Waals surface area (Å²) in [5.41, 5.74) is 1.31. The molecule has 0 bridgehead atoms. The monoisotopic (exact) mass is 303 g/mol. The molecule has 1 aliphatic rings. The van der Waals surface area contributed by atoms with Crippen LogP contribution in [0.4, 0.5) is 4.79 Å². The van der Waals surface area contributed by atoms with Crippen molar-refractivity contribution in [2.45, 2.75) is 45.1 Å². The Morgan fingerprint density at radius 3 is 2.77 bits per heavy atom. The third-order valence-corrected chi connectivity index (χ3v) is 3.82. The first-order chi connectivity index (χ1) is 10.4. The van der Waals surface area contributed by atoms with Crippen molar-refractivity contribution in [3.63, 3.8) is 0 Å². The van der Waals surface area contributed by atoms with Crippen molar-refractivity contribution in [1.82, 2.24) is 25.1 Å². The predicted octanol–water partition coefficient (Wildman–Crippen LogP) is 2.47. The molecule has 1 aliphatic heterocycles. The van der Waals surface area contributed by atoms with Crippen molar-refractivity contribution in [3.8, 4) is 0 Å². The molecule has 0 aromatic carbocycles. The number of aromatic amines is 1. The zero-order valence-electron chi connectivity index (χ0n) is 13.2. The fourth-order valence-electron chi connectivity index (χ4n) is 2.76. The van der Waals surface area contributed by atoms with Gasteiger partial charge in [0.05, 0.1) is 5.39 Å². The van der Waals surface area contributed by atoms with Gasteiger partial charge in [-0.15, -0.1) is 0 Å². The van der Waals surface area contributed by atoms with Gasteiger partial charge in [-0.3, -0.25) is 5.10 Å². The van der Waals surface area contributed by atoms with Gasteiger partial charge in [-0.2, -0.15) is 5.10 Å². The third-order valence-electron chi connectivity index (χ3n) is 3.82. The second-order valence-corrected chi connectivity index (χ2v) is 6.64. The Hall–Kier alpha value is -2.18. The molecule has 1 fully saturated rings. The van der Waals surface area contributed by atoms with Crippen LogP contribution < -0.4 is 0 Å². The van der Waals surface area contributed by atoms with Crippen LogP contribution in [0.1, 0.15) is 45.2 Å². The summed E-state index contributed by atoms with van der Waals surface area (Å²) in [7, 11) is 0. The minimum atomic E-state index is -0.454. The molecule has 0 aliphatic carbocycles. The van der Waals surface area contributed by atoms with Crippen LogP contribution in [0.15, 0.2) is 12.5 Å². The number of aromatic nitrogens is 4. The Morgan fingerprint density at radius 2 is 2.09 bits per heavy atom. The van der Waals surface area contributed by atoms with Crippen LogP contribution in [0.2, 0.25) is 0 Å². The van der Waals surface area contributed by atoms with Crippen molar-refractivity contribution < 1.29 is 9.53 Å². The number of nitrogens with one attached hydrogen (secondary N) is 1. The highest BCUT2D eigenvalue weighted by Crippen LogP contribution is 2.31. The molecule has 1 N–H and O–H groups in total. The van der Waals surface area contributed by atoms with Crippen molar-refractivity contribution in [2.75, 3.05) is 13.1 Å². The predicted molar refractivity (Wildman–Crippen MR) is 81.5 cm³/mol. The lowest BCUT2D eigenvalue weighted by molar-refractivity contribution is 0.0204. The summed E-state index contributed by atoms with van der Waals surface area (Å²) in [5, 5.41) is 8.26. The minimum Gasteiger partial charge on any atom is -0.444 e. The largest absolute Gasteiger partial charge is 0.444 e. The van der Waals surface area contributed by atoms with E-state index in [9.17, 15) is 4.79 Å². The van der Waals surface area contributed by atoms with Crippen LogP contribution in [-0.4, -0.2) is 49.8 Å². The average Bonchev–Trinajstić information content (AvgIpc) is 2.89. The molecule has 0 unspecified atom stereocenters. The summed E-state index contributed by atoms with van der Waals surface area (Å²) >= 11 is 0. The number of hydrogen-bond donors (Lipinski definition) is 1. The van der Waals surface area contributed by atoms with Gasteiger partial charge in [-0.05, 0) is 33.6 Å². The Labute approximate surface area is 129 Å². The standard InChI is InChI=1S/C15H21N5O2/c1-15(2,3)22-14(21)20-6-4-10(5-7-20)12-11-8-16-9-17-13(11)19-18-12/h8-10H,4-7H2,1-3H3,(H,16,17,18,19). The molecule has 0 saturated carbocycles. The minimum absolute atomic E-state index is 0.233. The van der Waals surface area contributed by atoms with Crippen LogP contribution in [-0.2, 0) is 4.74 Å². The molecule has 0 spiro atoms. The Bertz CT molecular complexity index is 668. The first-order valence-electron chi connectivity index (χ1n) is 7.56. The molecule has 118 valence electrons. The number of nitrogens with zero attached hydrogens (tertiary/aromatic N) is 4. The summed E-state index contributed by atoms with van der Waals surface area (Å²) in [5.74, 6) is 0.342. The van der Waals surface area contributed by atoms with Gasteiger partial charge in [0.2, 0.25) is 0 Å². The number of H-pyrrole nitrogens is 1. The van der Waals surface area contributed by atoms with E-state index in [4.69, 9.17) is 4.74 Å². The van der Waals surface area contributed by atoms with E-state index >= 15 is 0 Å². The van der Waals surface area contributed by atoms with Crippen molar-refractivity contribution in [1.29, 1.82) is 0 Å². The third kappa shape index (κ3) is 3.03. The van der Waals surface area contributed by atoms with Gasteiger partial charge in [0.25, 0.3) is 0 Å². The molecular weight excluding hydrogens is 282 g/mol. The van der Waals surface area contributed by atoms with E-state index in [1.165, 1.54) is 6.33 Å². The van der Waals surface area contributed by atoms with Crippen LogP contribution >= 0.6 is 0 Å². The molecule has 3 rings (SSSR count). The summed E-state index contributed by atoms with van der Waals surface area (Å²) in [6.45, 7) is 7.03. The van der Waals surface area contributed by atoms with E-state index in [1.807, 2.05) is 20.8 Å². The number of carbonyl (C=O) groups is 1. The van der Waals surface area contributed by atoms with Gasteiger partial charge in [0, 0.05) is 30.9 Å². The highest BCUT2D eigenvalue weighted by Gasteiger charge is 2.29. The highest BCUT2D eigenvalue weighted by molar-refractivity contribution is 5.77. The first-order valence-corrected chi connectivity index (χ1v) is 7.56. The van der Waals surface area contributed by atoms with E-state index < -0.39 is 5.60 Å². The second-order valence-electron chi connectivity index (χ2n) is 6.64. The Kier molecular flexibility index (Phi) is 3.72. The van der Waals surface area contributed by atoms with Gasteiger partial charge >= 0.3 is 6.09 Å². The summed E-state index contributed by atoms with van der Waals surface area (Å²) < 4.78 is 5.42. The molecule has 7 heteroatoms. The van der Waals surface area contributed by atoms with Crippen molar-refractivity contribution >= 4 is 17.1 Å². The summed E-state index contributed by atoms with van der Waals surface area (Å²) in [4.78, 5) is 22.1. The van der Waals surface area contributed by atoms with Gasteiger partial charge < -0.3 is 9.64 Å². The summed E-state index contributed by atoms with van der Waals surface area (Å²) in [6.07, 6.45) is 4.82. The van der Waals surface area contributed by atoms with E-state index in [0.29, 0.717) is 24.7 Å². The lowest BCUT2D eigenvalue weighted by Crippen LogP contribution is -2.41. The number of ether oxygens (including phenoxy) is 1. The SMILES string of the molecule is CC(C)(C)OC(=O)N1CCC(c2[nH]nc3ncncc23)CC1. The second kappa shape index (κ2) is 5.55. The van der Waals surface area contributed by atoms with E-state index in [0.717, 1.165) is 23.9 Å². The Balaban J connectivity index is 1.66. The topological polar surface area (TPSA) is 84.0 Å². The number of hydrogen-bond acceptors (Lipinski definition) is 5. The molecule has 1 amide bonds.